The molecule has 0 spiro atoms. The molecule has 0 radical (unpaired) electrons. The van der Waals surface area contributed by atoms with Crippen molar-refractivity contribution in [1.82, 2.24) is 9.97 Å². The van der Waals surface area contributed by atoms with Crippen LogP contribution in [0.15, 0.2) is 6.07 Å². The van der Waals surface area contributed by atoms with Gasteiger partial charge < -0.3 is 11.1 Å². The van der Waals surface area contributed by atoms with Crippen LogP contribution in [0.1, 0.15) is 47.4 Å². The molecule has 4 nitrogen and oxygen atoms in total. The summed E-state index contributed by atoms with van der Waals surface area (Å²) in [5.74, 6) is 2.09. The molecule has 0 bridgehead atoms. The fourth-order valence-corrected chi connectivity index (χ4v) is 1.25. The van der Waals surface area contributed by atoms with Crippen molar-refractivity contribution in [1.29, 1.82) is 0 Å². The fraction of sp³-hybridized carbons (Fsp3) is 0.692. The van der Waals surface area contributed by atoms with Crippen LogP contribution in [0, 0.1) is 5.41 Å². The number of aromatic nitrogens is 2. The highest BCUT2D eigenvalue weighted by atomic mass is 15.1. The number of nitrogens with zero attached hydrogens (tertiary/aromatic N) is 2. The van der Waals surface area contributed by atoms with Gasteiger partial charge in [-0.2, -0.15) is 0 Å². The molecule has 0 aliphatic rings. The number of nitrogen functional groups attached to an aromatic ring is 1. The Hall–Kier alpha value is -1.32. The van der Waals surface area contributed by atoms with Crippen LogP contribution < -0.4 is 11.1 Å². The lowest BCUT2D eigenvalue weighted by Crippen LogP contribution is -2.22. The largest absolute Gasteiger partial charge is 0.384 e. The van der Waals surface area contributed by atoms with Crippen LogP contribution in [0.3, 0.4) is 0 Å². The predicted molar refractivity (Wildman–Crippen MR) is 73.1 cm³/mol. The van der Waals surface area contributed by atoms with Gasteiger partial charge in [0.2, 0.25) is 0 Å². The van der Waals surface area contributed by atoms with Crippen LogP contribution in [0.25, 0.3) is 0 Å². The number of hydrogen-bond acceptors (Lipinski definition) is 4. The number of rotatable bonds is 2. The van der Waals surface area contributed by atoms with Crippen LogP contribution >= 0.6 is 0 Å². The van der Waals surface area contributed by atoms with Crippen LogP contribution in [0.4, 0.5) is 11.6 Å². The van der Waals surface area contributed by atoms with Crippen molar-refractivity contribution in [3.63, 3.8) is 0 Å². The lowest BCUT2D eigenvalue weighted by molar-refractivity contribution is 0.442. The van der Waals surface area contributed by atoms with E-state index in [9.17, 15) is 0 Å². The van der Waals surface area contributed by atoms with E-state index in [1.165, 1.54) is 0 Å². The van der Waals surface area contributed by atoms with Crippen LogP contribution in [-0.4, -0.2) is 16.5 Å². The second kappa shape index (κ2) is 4.51. The van der Waals surface area contributed by atoms with E-state index in [0.29, 0.717) is 5.82 Å². The monoisotopic (exact) mass is 236 g/mol. The normalized spacial score (nSPS) is 12.6. The molecule has 1 heterocycles. The highest BCUT2D eigenvalue weighted by Gasteiger charge is 2.19. The highest BCUT2D eigenvalue weighted by Crippen LogP contribution is 2.22. The molecule has 0 amide bonds. The van der Waals surface area contributed by atoms with Crippen molar-refractivity contribution >= 4 is 11.6 Å². The minimum Gasteiger partial charge on any atom is -0.384 e. The van der Waals surface area contributed by atoms with Gasteiger partial charge in [0.15, 0.2) is 0 Å². The minimum atomic E-state index is -0.0897. The van der Waals surface area contributed by atoms with Crippen molar-refractivity contribution in [2.45, 2.75) is 47.0 Å². The summed E-state index contributed by atoms with van der Waals surface area (Å²) in [7, 11) is 0. The Bertz CT molecular complexity index is 385. The minimum absolute atomic E-state index is 0.0897. The third kappa shape index (κ3) is 4.59. The van der Waals surface area contributed by atoms with E-state index in [1.807, 2.05) is 0 Å². The van der Waals surface area contributed by atoms with Gasteiger partial charge in [-0.25, -0.2) is 9.97 Å². The van der Waals surface area contributed by atoms with Crippen LogP contribution in [0.2, 0.25) is 0 Å². The average Bonchev–Trinajstić information content (AvgIpc) is 2.11. The lowest BCUT2D eigenvalue weighted by atomic mass is 9.95. The number of hydrogen-bond donors (Lipinski definition) is 2. The van der Waals surface area contributed by atoms with Gasteiger partial charge in [-0.1, -0.05) is 41.5 Å². The molecule has 0 saturated carbocycles. The van der Waals surface area contributed by atoms with Crippen molar-refractivity contribution in [3.8, 4) is 0 Å². The molecular weight excluding hydrogens is 212 g/mol. The first-order valence-electron chi connectivity index (χ1n) is 5.97. The van der Waals surface area contributed by atoms with Crippen molar-refractivity contribution in [2.24, 2.45) is 5.41 Å². The molecule has 0 saturated heterocycles. The van der Waals surface area contributed by atoms with Gasteiger partial charge in [0.25, 0.3) is 0 Å². The molecule has 0 aromatic carbocycles. The van der Waals surface area contributed by atoms with E-state index in [0.717, 1.165) is 18.2 Å². The summed E-state index contributed by atoms with van der Waals surface area (Å²) in [6.45, 7) is 13.6. The summed E-state index contributed by atoms with van der Waals surface area (Å²) in [5, 5.41) is 3.31. The van der Waals surface area contributed by atoms with Crippen LogP contribution in [0.5, 0.6) is 0 Å². The van der Waals surface area contributed by atoms with E-state index in [1.54, 1.807) is 6.07 Å². The molecule has 1 rings (SSSR count). The summed E-state index contributed by atoms with van der Waals surface area (Å²) in [5.41, 5.74) is 5.92. The maximum Gasteiger partial charge on any atom is 0.138 e. The molecule has 0 aliphatic carbocycles. The second-order valence-corrected chi connectivity index (χ2v) is 6.67. The van der Waals surface area contributed by atoms with Gasteiger partial charge in [0.05, 0.1) is 0 Å². The maximum absolute atomic E-state index is 5.80. The van der Waals surface area contributed by atoms with Gasteiger partial charge in [-0.3, -0.25) is 0 Å². The third-order valence-electron chi connectivity index (χ3n) is 2.22. The van der Waals surface area contributed by atoms with Crippen LogP contribution in [-0.2, 0) is 5.41 Å². The summed E-state index contributed by atoms with van der Waals surface area (Å²) in [6.07, 6.45) is 0. The first kappa shape index (κ1) is 13.7. The summed E-state index contributed by atoms with van der Waals surface area (Å²) in [4.78, 5) is 8.78. The van der Waals surface area contributed by atoms with E-state index < -0.39 is 0 Å². The Balaban J connectivity index is 2.91. The zero-order chi connectivity index (χ0) is 13.3. The molecule has 96 valence electrons. The molecular formula is C13H24N4. The molecule has 3 N–H and O–H groups in total. The Morgan fingerprint density at radius 1 is 1.12 bits per heavy atom. The predicted octanol–water partition coefficient (Wildman–Crippen LogP) is 2.81. The average molecular weight is 236 g/mol. The van der Waals surface area contributed by atoms with Gasteiger partial charge in [0.1, 0.15) is 17.5 Å². The molecule has 0 aliphatic heterocycles. The number of nitrogens with two attached hydrogens (primary N) is 1. The molecule has 1 aromatic heterocycles. The number of anilines is 2. The van der Waals surface area contributed by atoms with Gasteiger partial charge >= 0.3 is 0 Å². The quantitative estimate of drug-likeness (QED) is 0.828. The topological polar surface area (TPSA) is 63.8 Å². The summed E-state index contributed by atoms with van der Waals surface area (Å²) in [6, 6.07) is 1.78. The zero-order valence-corrected chi connectivity index (χ0v) is 11.8. The Morgan fingerprint density at radius 2 is 1.71 bits per heavy atom. The Morgan fingerprint density at radius 3 is 2.18 bits per heavy atom. The van der Waals surface area contributed by atoms with Crippen molar-refractivity contribution in [3.05, 3.63) is 11.9 Å². The number of nitrogens with one attached hydrogen (secondary N) is 1. The zero-order valence-electron chi connectivity index (χ0n) is 11.8. The van der Waals surface area contributed by atoms with E-state index in [-0.39, 0.29) is 10.8 Å². The van der Waals surface area contributed by atoms with E-state index in [2.05, 4.69) is 56.8 Å². The Kier molecular flexibility index (Phi) is 3.65. The summed E-state index contributed by atoms with van der Waals surface area (Å²) < 4.78 is 0. The molecule has 0 unspecified atom stereocenters. The van der Waals surface area contributed by atoms with Crippen molar-refractivity contribution in [2.75, 3.05) is 17.6 Å². The maximum atomic E-state index is 5.80. The van der Waals surface area contributed by atoms with Gasteiger partial charge in [-0.15, -0.1) is 0 Å². The summed E-state index contributed by atoms with van der Waals surface area (Å²) >= 11 is 0. The SMILES string of the molecule is CC(C)(C)CNc1cc(N)nc(C(C)(C)C)n1. The molecule has 1 aromatic rings. The smallest absolute Gasteiger partial charge is 0.138 e. The fourth-order valence-electron chi connectivity index (χ4n) is 1.25. The van der Waals surface area contributed by atoms with E-state index >= 15 is 0 Å². The molecule has 0 fully saturated rings. The highest BCUT2D eigenvalue weighted by molar-refractivity contribution is 5.45. The third-order valence-corrected chi connectivity index (χ3v) is 2.22. The van der Waals surface area contributed by atoms with Gasteiger partial charge in [-0.05, 0) is 5.41 Å². The lowest BCUT2D eigenvalue weighted by Gasteiger charge is -2.21. The second-order valence-electron chi connectivity index (χ2n) is 6.67. The van der Waals surface area contributed by atoms with E-state index in [4.69, 9.17) is 5.73 Å². The molecule has 17 heavy (non-hydrogen) atoms. The van der Waals surface area contributed by atoms with Crippen molar-refractivity contribution < 1.29 is 0 Å². The first-order chi connectivity index (χ1) is 7.58. The molecule has 0 atom stereocenters. The molecule has 4 heteroatoms. The Labute approximate surface area is 104 Å². The standard InChI is InChI=1S/C13H24N4/c1-12(2,3)8-15-10-7-9(14)16-11(17-10)13(4,5)6/h7H,8H2,1-6H3,(H3,14,15,16,17). The van der Waals surface area contributed by atoms with Gasteiger partial charge in [0, 0.05) is 18.0 Å². The first-order valence-corrected chi connectivity index (χ1v) is 5.97.